The number of aromatic nitrogens is 2. The summed E-state index contributed by atoms with van der Waals surface area (Å²) in [6.07, 6.45) is 6.88. The van der Waals surface area contributed by atoms with Gasteiger partial charge in [-0.3, -0.25) is 0 Å². The Hall–Kier alpha value is -2.62. The molecule has 0 N–H and O–H groups in total. The first-order valence-electron chi connectivity index (χ1n) is 9.45. The average Bonchev–Trinajstić information content (AvgIpc) is 3.14. The van der Waals surface area contributed by atoms with E-state index in [-0.39, 0.29) is 0 Å². The van der Waals surface area contributed by atoms with Crippen LogP contribution in [-0.4, -0.2) is 16.7 Å². The predicted octanol–water partition coefficient (Wildman–Crippen LogP) is 5.68. The summed E-state index contributed by atoms with van der Waals surface area (Å²) < 4.78 is 11.2. The summed E-state index contributed by atoms with van der Waals surface area (Å²) in [5.74, 6) is 2.12. The lowest BCUT2D eigenvalue weighted by atomic mass is 10.1. The third-order valence-corrected chi connectivity index (χ3v) is 4.29. The Morgan fingerprint density at radius 3 is 2.42 bits per heavy atom. The second-order valence-electron chi connectivity index (χ2n) is 6.47. The third kappa shape index (κ3) is 5.45. The number of hydrogen-bond acceptors (Lipinski definition) is 4. The molecule has 3 rings (SSSR count). The molecule has 0 aliphatic heterocycles. The molecule has 0 fully saturated rings. The van der Waals surface area contributed by atoms with Crippen LogP contribution in [0.2, 0.25) is 0 Å². The Labute approximate surface area is 155 Å². The summed E-state index contributed by atoms with van der Waals surface area (Å²) >= 11 is 0. The van der Waals surface area contributed by atoms with Gasteiger partial charge in [-0.05, 0) is 36.2 Å². The standard InChI is InChI=1S/C22H26N2O2/c1-2-3-4-5-9-16-25-20-14-12-19(13-15-20)22-23-21(24-26-22)17-18-10-7-6-8-11-18/h6-8,10-15H,2-5,9,16-17H2,1H3. The molecular formula is C22H26N2O2. The van der Waals surface area contributed by atoms with E-state index in [1.165, 1.54) is 31.2 Å². The van der Waals surface area contributed by atoms with Gasteiger partial charge in [-0.25, -0.2) is 0 Å². The highest BCUT2D eigenvalue weighted by atomic mass is 16.5. The van der Waals surface area contributed by atoms with Crippen LogP contribution in [0.15, 0.2) is 59.1 Å². The largest absolute Gasteiger partial charge is 0.494 e. The number of ether oxygens (including phenoxy) is 1. The smallest absolute Gasteiger partial charge is 0.257 e. The average molecular weight is 350 g/mol. The molecule has 1 aromatic heterocycles. The first kappa shape index (κ1) is 18.2. The highest BCUT2D eigenvalue weighted by molar-refractivity contribution is 5.54. The molecule has 0 atom stereocenters. The summed E-state index contributed by atoms with van der Waals surface area (Å²) in [5, 5.41) is 4.08. The summed E-state index contributed by atoms with van der Waals surface area (Å²) in [5.41, 5.74) is 2.08. The molecule has 0 spiro atoms. The number of nitrogens with zero attached hydrogens (tertiary/aromatic N) is 2. The molecule has 0 saturated heterocycles. The van der Waals surface area contributed by atoms with Gasteiger partial charge < -0.3 is 9.26 Å². The molecule has 0 aliphatic carbocycles. The van der Waals surface area contributed by atoms with Crippen molar-refractivity contribution >= 4 is 0 Å². The molecule has 0 radical (unpaired) electrons. The van der Waals surface area contributed by atoms with Gasteiger partial charge in [-0.2, -0.15) is 4.98 Å². The number of unbranched alkanes of at least 4 members (excludes halogenated alkanes) is 4. The van der Waals surface area contributed by atoms with Gasteiger partial charge in [-0.1, -0.05) is 68.1 Å². The fourth-order valence-electron chi connectivity index (χ4n) is 2.81. The summed E-state index contributed by atoms with van der Waals surface area (Å²) in [4.78, 5) is 4.49. The zero-order valence-corrected chi connectivity index (χ0v) is 15.4. The van der Waals surface area contributed by atoms with Crippen LogP contribution < -0.4 is 4.74 Å². The van der Waals surface area contributed by atoms with Crippen molar-refractivity contribution in [3.63, 3.8) is 0 Å². The Bertz CT molecular complexity index is 766. The van der Waals surface area contributed by atoms with Gasteiger partial charge in [0.15, 0.2) is 5.82 Å². The van der Waals surface area contributed by atoms with Crippen LogP contribution in [0.4, 0.5) is 0 Å². The predicted molar refractivity (Wildman–Crippen MR) is 103 cm³/mol. The van der Waals surface area contributed by atoms with Crippen molar-refractivity contribution in [2.75, 3.05) is 6.61 Å². The molecule has 0 aliphatic rings. The Morgan fingerprint density at radius 2 is 1.65 bits per heavy atom. The molecule has 4 heteroatoms. The zero-order chi connectivity index (χ0) is 18.0. The molecule has 1 heterocycles. The maximum absolute atomic E-state index is 5.79. The third-order valence-electron chi connectivity index (χ3n) is 4.29. The number of hydrogen-bond donors (Lipinski definition) is 0. The first-order chi connectivity index (χ1) is 12.8. The van der Waals surface area contributed by atoms with Crippen molar-refractivity contribution in [2.24, 2.45) is 0 Å². The first-order valence-corrected chi connectivity index (χ1v) is 9.45. The molecule has 2 aromatic carbocycles. The van der Waals surface area contributed by atoms with Crippen molar-refractivity contribution in [3.05, 3.63) is 66.0 Å². The molecule has 0 unspecified atom stereocenters. The van der Waals surface area contributed by atoms with E-state index in [1.54, 1.807) is 0 Å². The molecule has 136 valence electrons. The second-order valence-corrected chi connectivity index (χ2v) is 6.47. The molecule has 0 amide bonds. The summed E-state index contributed by atoms with van der Waals surface area (Å²) in [7, 11) is 0. The minimum absolute atomic E-state index is 0.544. The second kappa shape index (κ2) is 9.76. The Balaban J connectivity index is 1.51. The highest BCUT2D eigenvalue weighted by Gasteiger charge is 2.09. The van der Waals surface area contributed by atoms with E-state index in [9.17, 15) is 0 Å². The Morgan fingerprint density at radius 1 is 0.885 bits per heavy atom. The van der Waals surface area contributed by atoms with E-state index < -0.39 is 0 Å². The zero-order valence-electron chi connectivity index (χ0n) is 15.4. The quantitative estimate of drug-likeness (QED) is 0.442. The molecule has 0 bridgehead atoms. The van der Waals surface area contributed by atoms with Crippen molar-refractivity contribution in [1.82, 2.24) is 10.1 Å². The van der Waals surface area contributed by atoms with E-state index in [0.717, 1.165) is 24.3 Å². The summed E-state index contributed by atoms with van der Waals surface area (Å²) in [6.45, 7) is 3.00. The maximum Gasteiger partial charge on any atom is 0.257 e. The van der Waals surface area contributed by atoms with Crippen LogP contribution in [0.1, 0.15) is 50.4 Å². The topological polar surface area (TPSA) is 48.2 Å². The van der Waals surface area contributed by atoms with Crippen molar-refractivity contribution in [2.45, 2.75) is 45.4 Å². The van der Waals surface area contributed by atoms with E-state index in [0.29, 0.717) is 18.1 Å². The van der Waals surface area contributed by atoms with Crippen molar-refractivity contribution < 1.29 is 9.26 Å². The van der Waals surface area contributed by atoms with E-state index in [1.807, 2.05) is 42.5 Å². The van der Waals surface area contributed by atoms with Gasteiger partial charge in [0.2, 0.25) is 0 Å². The van der Waals surface area contributed by atoms with Crippen LogP contribution in [0.3, 0.4) is 0 Å². The molecule has 26 heavy (non-hydrogen) atoms. The fourth-order valence-corrected chi connectivity index (χ4v) is 2.81. The fraction of sp³-hybridized carbons (Fsp3) is 0.364. The SMILES string of the molecule is CCCCCCCOc1ccc(-c2nc(Cc3ccccc3)no2)cc1. The van der Waals surface area contributed by atoms with Crippen LogP contribution in [0, 0.1) is 0 Å². The highest BCUT2D eigenvalue weighted by Crippen LogP contribution is 2.21. The van der Waals surface area contributed by atoms with Gasteiger partial charge in [0, 0.05) is 12.0 Å². The number of benzene rings is 2. The van der Waals surface area contributed by atoms with Gasteiger partial charge in [0.1, 0.15) is 5.75 Å². The van der Waals surface area contributed by atoms with Crippen LogP contribution >= 0.6 is 0 Å². The van der Waals surface area contributed by atoms with Gasteiger partial charge in [0.05, 0.1) is 6.61 Å². The lowest BCUT2D eigenvalue weighted by Gasteiger charge is -2.06. The van der Waals surface area contributed by atoms with Crippen molar-refractivity contribution in [3.8, 4) is 17.2 Å². The minimum Gasteiger partial charge on any atom is -0.494 e. The van der Waals surface area contributed by atoms with Crippen LogP contribution in [0.25, 0.3) is 11.5 Å². The van der Waals surface area contributed by atoms with E-state index in [2.05, 4.69) is 29.2 Å². The number of rotatable bonds is 10. The normalized spacial score (nSPS) is 10.8. The Kier molecular flexibility index (Phi) is 6.82. The molecular weight excluding hydrogens is 324 g/mol. The van der Waals surface area contributed by atoms with Crippen molar-refractivity contribution in [1.29, 1.82) is 0 Å². The minimum atomic E-state index is 0.544. The van der Waals surface area contributed by atoms with Crippen LogP contribution in [-0.2, 0) is 6.42 Å². The van der Waals surface area contributed by atoms with E-state index >= 15 is 0 Å². The van der Waals surface area contributed by atoms with Crippen LogP contribution in [0.5, 0.6) is 5.75 Å². The maximum atomic E-state index is 5.79. The summed E-state index contributed by atoms with van der Waals surface area (Å²) in [6, 6.07) is 18.0. The monoisotopic (exact) mass is 350 g/mol. The van der Waals surface area contributed by atoms with Gasteiger partial charge >= 0.3 is 0 Å². The molecule has 4 nitrogen and oxygen atoms in total. The molecule has 0 saturated carbocycles. The van der Waals surface area contributed by atoms with E-state index in [4.69, 9.17) is 9.26 Å². The molecule has 3 aromatic rings. The lowest BCUT2D eigenvalue weighted by molar-refractivity contribution is 0.304. The lowest BCUT2D eigenvalue weighted by Crippen LogP contribution is -1.97. The van der Waals surface area contributed by atoms with Gasteiger partial charge in [-0.15, -0.1) is 0 Å². The van der Waals surface area contributed by atoms with Gasteiger partial charge in [0.25, 0.3) is 5.89 Å².